The molecule has 1 N–H and O–H groups in total. The molecule has 0 saturated carbocycles. The van der Waals surface area contributed by atoms with Crippen LogP contribution >= 0.6 is 0 Å². The Morgan fingerprint density at radius 2 is 1.43 bits per heavy atom. The minimum absolute atomic E-state index is 0.0576. The van der Waals surface area contributed by atoms with Crippen LogP contribution in [0.3, 0.4) is 0 Å². The Hall–Kier alpha value is -4.10. The number of hydrogen-bond acceptors (Lipinski definition) is 4. The number of rotatable bonds is 8. The van der Waals surface area contributed by atoms with Gasteiger partial charge in [-0.2, -0.15) is 0 Å². The number of sulfonamides is 1. The molecule has 1 amide bonds. The highest BCUT2D eigenvalue weighted by atomic mass is 32.2. The highest BCUT2D eigenvalue weighted by Crippen LogP contribution is 2.31. The number of carbonyl (C=O) groups is 1. The topological polar surface area (TPSA) is 75.7 Å². The highest BCUT2D eigenvalue weighted by Gasteiger charge is 2.29. The van der Waals surface area contributed by atoms with Crippen molar-refractivity contribution >= 4 is 27.3 Å². The first kappa shape index (κ1) is 26.0. The van der Waals surface area contributed by atoms with Crippen molar-refractivity contribution in [1.29, 1.82) is 0 Å². The number of nitrogens with one attached hydrogen (secondary N) is 1. The minimum atomic E-state index is -4.03. The van der Waals surface area contributed by atoms with Crippen LogP contribution in [0, 0.1) is 20.8 Å². The number of benzene rings is 4. The van der Waals surface area contributed by atoms with Crippen molar-refractivity contribution in [3.05, 3.63) is 119 Å². The largest absolute Gasteiger partial charge is 0.497 e. The Kier molecular flexibility index (Phi) is 7.64. The smallest absolute Gasteiger partial charge is 0.264 e. The fourth-order valence-corrected chi connectivity index (χ4v) is 5.84. The van der Waals surface area contributed by atoms with Crippen molar-refractivity contribution in [2.75, 3.05) is 16.7 Å². The maximum Gasteiger partial charge on any atom is 0.264 e. The molecule has 37 heavy (non-hydrogen) atoms. The lowest BCUT2D eigenvalue weighted by molar-refractivity contribution is 0.102. The third-order valence-corrected chi connectivity index (χ3v) is 7.92. The first-order chi connectivity index (χ1) is 17.7. The van der Waals surface area contributed by atoms with Crippen LogP contribution in [0.25, 0.3) is 0 Å². The summed E-state index contributed by atoms with van der Waals surface area (Å²) in [5.74, 6) is 0.172. The third kappa shape index (κ3) is 5.67. The first-order valence-corrected chi connectivity index (χ1v) is 13.3. The van der Waals surface area contributed by atoms with E-state index >= 15 is 0 Å². The molecule has 0 aliphatic carbocycles. The van der Waals surface area contributed by atoms with Crippen LogP contribution in [0.15, 0.2) is 95.9 Å². The van der Waals surface area contributed by atoms with E-state index in [4.69, 9.17) is 4.74 Å². The van der Waals surface area contributed by atoms with Gasteiger partial charge in [-0.05, 0) is 73.9 Å². The summed E-state index contributed by atoms with van der Waals surface area (Å²) in [5.41, 5.74) is 5.05. The summed E-state index contributed by atoms with van der Waals surface area (Å²) >= 11 is 0. The second-order valence-corrected chi connectivity index (χ2v) is 10.8. The quantitative estimate of drug-likeness (QED) is 0.301. The number of hydrogen-bond donors (Lipinski definition) is 1. The van der Waals surface area contributed by atoms with E-state index in [0.717, 1.165) is 27.9 Å². The van der Waals surface area contributed by atoms with Gasteiger partial charge in [0.2, 0.25) is 0 Å². The number of aryl methyl sites for hydroxylation is 3. The number of amides is 1. The van der Waals surface area contributed by atoms with E-state index in [2.05, 4.69) is 5.32 Å². The predicted molar refractivity (Wildman–Crippen MR) is 148 cm³/mol. The van der Waals surface area contributed by atoms with Gasteiger partial charge in [0.05, 0.1) is 29.8 Å². The Morgan fingerprint density at radius 3 is 2.05 bits per heavy atom. The minimum Gasteiger partial charge on any atom is -0.497 e. The van der Waals surface area contributed by atoms with Gasteiger partial charge in [-0.25, -0.2) is 8.42 Å². The molecular weight excluding hydrogens is 484 g/mol. The molecule has 0 aromatic heterocycles. The van der Waals surface area contributed by atoms with Crippen molar-refractivity contribution in [3.8, 4) is 5.75 Å². The molecule has 0 bridgehead atoms. The van der Waals surface area contributed by atoms with Crippen molar-refractivity contribution in [2.24, 2.45) is 0 Å². The molecule has 6 nitrogen and oxygen atoms in total. The molecule has 0 aliphatic heterocycles. The van der Waals surface area contributed by atoms with Gasteiger partial charge in [-0.1, -0.05) is 60.2 Å². The van der Waals surface area contributed by atoms with Gasteiger partial charge in [-0.15, -0.1) is 0 Å². The van der Waals surface area contributed by atoms with E-state index in [9.17, 15) is 13.2 Å². The van der Waals surface area contributed by atoms with Crippen molar-refractivity contribution in [2.45, 2.75) is 32.2 Å². The van der Waals surface area contributed by atoms with Gasteiger partial charge in [-0.3, -0.25) is 9.10 Å². The molecule has 0 atom stereocenters. The molecule has 0 heterocycles. The van der Waals surface area contributed by atoms with E-state index in [1.54, 1.807) is 36.4 Å². The molecule has 190 valence electrons. The SMILES string of the molecule is COc1ccc(S(=O)(=O)N(Cc2ccccc2)c2ccccc2C(=O)Nc2c(C)cc(C)cc2C)cc1. The average molecular weight is 515 g/mol. The molecule has 0 unspecified atom stereocenters. The second-order valence-electron chi connectivity index (χ2n) is 8.92. The fraction of sp³-hybridized carbons (Fsp3) is 0.167. The lowest BCUT2D eigenvalue weighted by Crippen LogP contribution is -2.32. The van der Waals surface area contributed by atoms with Crippen LogP contribution in [0.4, 0.5) is 11.4 Å². The van der Waals surface area contributed by atoms with E-state index in [1.807, 2.05) is 63.2 Å². The van der Waals surface area contributed by atoms with Crippen LogP contribution < -0.4 is 14.4 Å². The summed E-state index contributed by atoms with van der Waals surface area (Å²) in [6, 6.07) is 26.3. The van der Waals surface area contributed by atoms with Crippen LogP contribution in [0.1, 0.15) is 32.6 Å². The standard InChI is InChI=1S/C30H30N2O4S/c1-21-18-22(2)29(23(3)19-21)31-30(33)27-12-8-9-13-28(27)32(20-24-10-6-5-7-11-24)37(34,35)26-16-14-25(36-4)15-17-26/h5-19H,20H2,1-4H3,(H,31,33). The van der Waals surface area contributed by atoms with Crippen LogP contribution in [0.5, 0.6) is 5.75 Å². The Balaban J connectivity index is 1.80. The molecule has 4 rings (SSSR count). The molecule has 0 aliphatic rings. The molecule has 7 heteroatoms. The summed E-state index contributed by atoms with van der Waals surface area (Å²) < 4.78 is 34.4. The molecule has 0 fully saturated rings. The molecule has 0 spiro atoms. The molecular formula is C30H30N2O4S. The zero-order chi connectivity index (χ0) is 26.6. The van der Waals surface area contributed by atoms with Gasteiger partial charge in [0.25, 0.3) is 15.9 Å². The number of nitrogens with zero attached hydrogens (tertiary/aromatic N) is 1. The summed E-state index contributed by atoms with van der Waals surface area (Å²) in [6.45, 7) is 5.95. The van der Waals surface area contributed by atoms with Crippen molar-refractivity contribution < 1.29 is 17.9 Å². The molecule has 0 radical (unpaired) electrons. The van der Waals surface area contributed by atoms with Gasteiger partial charge >= 0.3 is 0 Å². The lowest BCUT2D eigenvalue weighted by atomic mass is 10.0. The summed E-state index contributed by atoms with van der Waals surface area (Å²) in [6.07, 6.45) is 0. The summed E-state index contributed by atoms with van der Waals surface area (Å²) in [4.78, 5) is 13.7. The number of para-hydroxylation sites is 1. The first-order valence-electron chi connectivity index (χ1n) is 11.9. The zero-order valence-corrected chi connectivity index (χ0v) is 22.2. The summed E-state index contributed by atoms with van der Waals surface area (Å²) in [7, 11) is -2.50. The van der Waals surface area contributed by atoms with E-state index in [0.29, 0.717) is 11.4 Å². The van der Waals surface area contributed by atoms with Crippen molar-refractivity contribution in [1.82, 2.24) is 0 Å². The van der Waals surface area contributed by atoms with Crippen LogP contribution in [-0.4, -0.2) is 21.4 Å². The monoisotopic (exact) mass is 514 g/mol. The van der Waals surface area contributed by atoms with E-state index < -0.39 is 10.0 Å². The predicted octanol–water partition coefficient (Wildman–Crippen LogP) is 6.27. The zero-order valence-electron chi connectivity index (χ0n) is 21.4. The fourth-order valence-electron chi connectivity index (χ4n) is 4.36. The normalized spacial score (nSPS) is 11.1. The van der Waals surface area contributed by atoms with Gasteiger partial charge < -0.3 is 10.1 Å². The molecule has 4 aromatic carbocycles. The van der Waals surface area contributed by atoms with Crippen molar-refractivity contribution in [3.63, 3.8) is 0 Å². The maximum atomic E-state index is 14.0. The molecule has 4 aromatic rings. The lowest BCUT2D eigenvalue weighted by Gasteiger charge is -2.27. The van der Waals surface area contributed by atoms with Gasteiger partial charge in [0, 0.05) is 5.69 Å². The van der Waals surface area contributed by atoms with Gasteiger partial charge in [0.15, 0.2) is 0 Å². The number of anilines is 2. The number of carbonyl (C=O) groups excluding carboxylic acids is 1. The van der Waals surface area contributed by atoms with Crippen LogP contribution in [-0.2, 0) is 16.6 Å². The highest BCUT2D eigenvalue weighted by molar-refractivity contribution is 7.92. The Labute approximate surface area is 218 Å². The molecule has 0 saturated heterocycles. The third-order valence-electron chi connectivity index (χ3n) is 6.15. The number of methoxy groups -OCH3 is 1. The second kappa shape index (κ2) is 10.9. The summed E-state index contributed by atoms with van der Waals surface area (Å²) in [5, 5.41) is 3.01. The average Bonchev–Trinajstić information content (AvgIpc) is 2.89. The van der Waals surface area contributed by atoms with Gasteiger partial charge in [0.1, 0.15) is 5.75 Å². The Bertz CT molecular complexity index is 1490. The van der Waals surface area contributed by atoms with E-state index in [1.165, 1.54) is 23.5 Å². The maximum absolute atomic E-state index is 14.0. The van der Waals surface area contributed by atoms with E-state index in [-0.39, 0.29) is 22.9 Å². The number of ether oxygens (including phenoxy) is 1. The Morgan fingerprint density at radius 1 is 0.838 bits per heavy atom. The van der Waals surface area contributed by atoms with Crippen LogP contribution in [0.2, 0.25) is 0 Å².